The maximum Gasteiger partial charge on any atom is 0.351 e. The molecule has 0 radical (unpaired) electrons. The molecule has 0 spiro atoms. The Bertz CT molecular complexity index is 753. The Morgan fingerprint density at radius 2 is 2.10 bits per heavy atom. The predicted octanol–water partition coefficient (Wildman–Crippen LogP) is -0.841. The minimum atomic E-state index is -0.534. The summed E-state index contributed by atoms with van der Waals surface area (Å²) in [4.78, 5) is 32.9. The minimum Gasteiger partial charge on any atom is -0.462 e. The van der Waals surface area contributed by atoms with Crippen LogP contribution in [0.2, 0.25) is 0 Å². The van der Waals surface area contributed by atoms with Crippen LogP contribution in [0.1, 0.15) is 24.8 Å². The molecule has 3 rings (SSSR count). The van der Waals surface area contributed by atoms with Crippen LogP contribution in [0, 0.1) is 6.92 Å². The summed E-state index contributed by atoms with van der Waals surface area (Å²) in [6.07, 6.45) is 5.47. The first-order valence-corrected chi connectivity index (χ1v) is 8.88. The molecule has 0 bridgehead atoms. The van der Waals surface area contributed by atoms with Gasteiger partial charge in [0, 0.05) is 32.3 Å². The summed E-state index contributed by atoms with van der Waals surface area (Å²) < 4.78 is 11.8. The Labute approximate surface area is 173 Å². The van der Waals surface area contributed by atoms with E-state index in [9.17, 15) is 9.59 Å². The number of hydrogen-bond donors (Lipinski definition) is 6. The number of hydrogen-bond acceptors (Lipinski definition) is 11. The first kappa shape index (κ1) is 27.2. The summed E-state index contributed by atoms with van der Waals surface area (Å²) in [5, 5.41) is 22.7. The van der Waals surface area contributed by atoms with E-state index in [-0.39, 0.29) is 25.1 Å². The van der Waals surface area contributed by atoms with E-state index in [0.717, 1.165) is 19.9 Å². The maximum atomic E-state index is 11.7. The number of nitrogens with one attached hydrogen (secondary N) is 2. The number of aliphatic hydroxyl groups is 2. The van der Waals surface area contributed by atoms with Gasteiger partial charge in [-0.25, -0.2) is 9.78 Å². The lowest BCUT2D eigenvalue weighted by atomic mass is 10.2. The number of nitrogens with zero attached hydrogens (tertiary/aromatic N) is 3. The van der Waals surface area contributed by atoms with Crippen molar-refractivity contribution in [3.8, 4) is 0 Å². The van der Waals surface area contributed by atoms with Gasteiger partial charge in [0.1, 0.15) is 12.8 Å². The molecule has 0 aromatic carbocycles. The van der Waals surface area contributed by atoms with Crippen molar-refractivity contribution in [2.75, 3.05) is 32.9 Å². The largest absolute Gasteiger partial charge is 0.462 e. The van der Waals surface area contributed by atoms with Crippen LogP contribution in [-0.4, -0.2) is 74.4 Å². The number of imidazole rings is 1. The fraction of sp³-hybridized carbons (Fsp3) is 0.529. The van der Waals surface area contributed by atoms with Gasteiger partial charge < -0.3 is 30.4 Å². The number of nitrogens with two attached hydrogens (primary N) is 1. The number of carbonyl (C=O) groups is 1. The van der Waals surface area contributed by atoms with Crippen molar-refractivity contribution in [1.82, 2.24) is 19.5 Å². The Morgan fingerprint density at radius 3 is 2.57 bits per heavy atom. The molecule has 2 aromatic heterocycles. The van der Waals surface area contributed by atoms with E-state index in [2.05, 4.69) is 15.0 Å². The number of aliphatic hydroxyl groups excluding tert-OH is 2. The van der Waals surface area contributed by atoms with Gasteiger partial charge in [-0.1, -0.05) is 0 Å². The van der Waals surface area contributed by atoms with Gasteiger partial charge in [-0.05, 0) is 25.8 Å². The molecular weight excluding hydrogens is 400 g/mol. The van der Waals surface area contributed by atoms with Crippen molar-refractivity contribution in [3.63, 3.8) is 0 Å². The highest BCUT2D eigenvalue weighted by Gasteiger charge is 2.28. The quantitative estimate of drug-likeness (QED) is 0.255. The highest BCUT2D eigenvalue weighted by molar-refractivity contribution is 5.71. The summed E-state index contributed by atoms with van der Waals surface area (Å²) in [6, 6.07) is 1.45. The Morgan fingerprint density at radius 1 is 1.40 bits per heavy atom. The number of esters is 1. The number of aromatic amines is 1. The van der Waals surface area contributed by atoms with Crippen molar-refractivity contribution >= 4 is 11.8 Å². The summed E-state index contributed by atoms with van der Waals surface area (Å²) in [6.45, 7) is 1.91. The van der Waals surface area contributed by atoms with Crippen LogP contribution >= 0.6 is 0 Å². The molecule has 1 fully saturated rings. The van der Waals surface area contributed by atoms with Crippen molar-refractivity contribution in [1.29, 1.82) is 0 Å². The highest BCUT2D eigenvalue weighted by Crippen LogP contribution is 2.27. The second-order valence-corrected chi connectivity index (χ2v) is 5.53. The number of H-pyrrole nitrogens is 1. The molecule has 1 saturated heterocycles. The number of aromatic nitrogens is 4. The van der Waals surface area contributed by atoms with E-state index in [0.29, 0.717) is 12.8 Å². The Hall–Kier alpha value is -2.84. The normalized spacial score (nSPS) is 16.6. The lowest BCUT2D eigenvalue weighted by molar-refractivity contribution is -0.146. The second-order valence-electron chi connectivity index (χ2n) is 5.53. The molecule has 13 nitrogen and oxygen atoms in total. The molecule has 0 amide bonds. The molecule has 2 atom stereocenters. The van der Waals surface area contributed by atoms with E-state index < -0.39 is 17.9 Å². The van der Waals surface area contributed by atoms with E-state index in [1.807, 2.05) is 6.92 Å². The van der Waals surface area contributed by atoms with Gasteiger partial charge in [-0.15, -0.1) is 0 Å². The number of ether oxygens (including phenoxy) is 2. The topological polar surface area (TPSA) is 198 Å². The van der Waals surface area contributed by atoms with Gasteiger partial charge in [0.2, 0.25) is 0 Å². The van der Waals surface area contributed by atoms with Crippen LogP contribution in [0.5, 0.6) is 0 Å². The Balaban J connectivity index is 0.000000702. The second kappa shape index (κ2) is 16.0. The average molecular weight is 430 g/mol. The average Bonchev–Trinajstić information content (AvgIpc) is 3.46. The van der Waals surface area contributed by atoms with Gasteiger partial charge in [0.15, 0.2) is 5.82 Å². The lowest BCUT2D eigenvalue weighted by Gasteiger charge is -2.15. The fourth-order valence-corrected chi connectivity index (χ4v) is 2.28. The summed E-state index contributed by atoms with van der Waals surface area (Å²) in [7, 11) is 2.00. The summed E-state index contributed by atoms with van der Waals surface area (Å²) in [5.74, 6) is -0.424. The van der Waals surface area contributed by atoms with Crippen LogP contribution in [0.25, 0.3) is 0 Å². The number of anilines is 1. The molecule has 2 unspecified atom stereocenters. The molecule has 0 aliphatic carbocycles. The third-order valence-corrected chi connectivity index (χ3v) is 3.57. The van der Waals surface area contributed by atoms with E-state index in [1.54, 1.807) is 18.0 Å². The predicted molar refractivity (Wildman–Crippen MR) is 107 cm³/mol. The van der Waals surface area contributed by atoms with Crippen LogP contribution in [0.15, 0.2) is 29.6 Å². The van der Waals surface area contributed by atoms with Crippen molar-refractivity contribution in [2.24, 2.45) is 5.73 Å². The van der Waals surface area contributed by atoms with Gasteiger partial charge in [-0.3, -0.25) is 20.0 Å². The van der Waals surface area contributed by atoms with E-state index >= 15 is 0 Å². The number of rotatable bonds is 5. The monoisotopic (exact) mass is 430 g/mol. The van der Waals surface area contributed by atoms with Crippen LogP contribution in [-0.2, 0) is 14.3 Å². The molecule has 3 heterocycles. The number of carbonyl (C=O) groups excluding carboxylic acids is 1. The van der Waals surface area contributed by atoms with Gasteiger partial charge in [0.05, 0.1) is 19.0 Å². The van der Waals surface area contributed by atoms with Gasteiger partial charge in [0.25, 0.3) is 0 Å². The van der Waals surface area contributed by atoms with Crippen LogP contribution < -0.4 is 16.9 Å². The molecular formula is C17H30N6O7. The zero-order valence-corrected chi connectivity index (χ0v) is 17.2. The minimum absolute atomic E-state index is 0.0673. The molecule has 30 heavy (non-hydrogen) atoms. The van der Waals surface area contributed by atoms with E-state index in [1.165, 1.54) is 16.8 Å². The van der Waals surface area contributed by atoms with Crippen molar-refractivity contribution in [2.45, 2.75) is 32.1 Å². The maximum absolute atomic E-state index is 11.7. The van der Waals surface area contributed by atoms with Crippen molar-refractivity contribution in [3.05, 3.63) is 41.0 Å². The van der Waals surface area contributed by atoms with Crippen LogP contribution in [0.3, 0.4) is 0 Å². The smallest absolute Gasteiger partial charge is 0.351 e. The van der Waals surface area contributed by atoms with Gasteiger partial charge in [-0.2, -0.15) is 4.98 Å². The van der Waals surface area contributed by atoms with Crippen molar-refractivity contribution < 1.29 is 29.7 Å². The zero-order chi connectivity index (χ0) is 22.9. The zero-order valence-electron chi connectivity index (χ0n) is 17.2. The molecule has 170 valence electrons. The summed E-state index contributed by atoms with van der Waals surface area (Å²) >= 11 is 0. The number of aryl methyl sites for hydroxylation is 1. The molecule has 7 N–H and O–H groups in total. The third kappa shape index (κ3) is 9.58. The fourth-order valence-electron chi connectivity index (χ4n) is 2.28. The molecule has 1 aliphatic rings. The molecule has 13 heteroatoms. The first-order chi connectivity index (χ1) is 14.5. The first-order valence-electron chi connectivity index (χ1n) is 8.88. The molecule has 0 saturated carbocycles. The lowest BCUT2D eigenvalue weighted by Crippen LogP contribution is -2.28. The standard InChI is InChI=1S/C11H16N4O5.C4H6N2.2CH4O/c12-5-10(16)19-6-7-1-2-9(20-7)15-4-3-8(14-18)13-11(15)17;1-4-2-5-3-6-4;2*1-2/h3-4,7,9,18H,1-2,5-6,12H2,(H,13,14,17);2-3H,1H3,(H,5,6);2*2H,1H3. The molecule has 1 aliphatic heterocycles. The van der Waals surface area contributed by atoms with Gasteiger partial charge >= 0.3 is 11.7 Å². The highest BCUT2D eigenvalue weighted by atomic mass is 16.6. The third-order valence-electron chi connectivity index (χ3n) is 3.57. The molecule has 2 aromatic rings. The van der Waals surface area contributed by atoms with E-state index in [4.69, 9.17) is 30.6 Å². The Kier molecular flexibility index (Phi) is 14.5. The SMILES string of the molecule is CO.CO.Cc1cnc[nH]1.NCC(=O)OCC1CCC(n2ccc(NO)nc2=O)O1. The summed E-state index contributed by atoms with van der Waals surface area (Å²) in [5.41, 5.74) is 7.50. The van der Waals surface area contributed by atoms with Crippen LogP contribution in [0.4, 0.5) is 5.82 Å².